The Morgan fingerprint density at radius 3 is 2.74 bits per heavy atom. The molecule has 0 spiro atoms. The normalized spacial score (nSPS) is 12.5. The summed E-state index contributed by atoms with van der Waals surface area (Å²) in [6.07, 6.45) is 2.38. The summed E-state index contributed by atoms with van der Waals surface area (Å²) in [5, 5.41) is 23.2. The molecule has 2 N–H and O–H groups in total. The van der Waals surface area contributed by atoms with Gasteiger partial charge in [0.25, 0.3) is 5.56 Å². The zero-order valence-corrected chi connectivity index (χ0v) is 19.8. The largest absolute Gasteiger partial charge is 0.396 e. The number of aromatic nitrogens is 5. The van der Waals surface area contributed by atoms with E-state index < -0.39 is 0 Å². The van der Waals surface area contributed by atoms with E-state index in [0.717, 1.165) is 40.7 Å². The lowest BCUT2D eigenvalue weighted by molar-refractivity contribution is 0.148. The van der Waals surface area contributed by atoms with Gasteiger partial charge in [-0.3, -0.25) is 9.69 Å². The number of tetrazole rings is 1. The lowest BCUT2D eigenvalue weighted by Crippen LogP contribution is -2.34. The molecule has 0 aliphatic carbocycles. The number of pyridine rings is 1. The number of H-pyrrole nitrogens is 1. The highest BCUT2D eigenvalue weighted by Gasteiger charge is 2.26. The molecule has 0 radical (unpaired) electrons. The second-order valence-electron chi connectivity index (χ2n) is 8.70. The van der Waals surface area contributed by atoms with Crippen molar-refractivity contribution in [1.29, 1.82) is 0 Å². The number of fused-ring (bicyclic) bond motifs is 1. The molecule has 0 amide bonds. The van der Waals surface area contributed by atoms with E-state index in [1.807, 2.05) is 54.1 Å². The Kier molecular flexibility index (Phi) is 7.82. The van der Waals surface area contributed by atoms with Gasteiger partial charge in [-0.15, -0.1) is 5.10 Å². The van der Waals surface area contributed by atoms with Crippen LogP contribution < -0.4 is 5.56 Å². The first-order valence-corrected chi connectivity index (χ1v) is 11.9. The van der Waals surface area contributed by atoms with E-state index in [2.05, 4.69) is 44.5 Å². The molecule has 4 aromatic rings. The molecule has 0 saturated carbocycles. The molecule has 2 heterocycles. The van der Waals surface area contributed by atoms with Gasteiger partial charge >= 0.3 is 0 Å². The van der Waals surface area contributed by atoms with Crippen LogP contribution in [0.4, 0.5) is 0 Å². The zero-order valence-electron chi connectivity index (χ0n) is 19.8. The summed E-state index contributed by atoms with van der Waals surface area (Å²) < 4.78 is 1.84. The summed E-state index contributed by atoms with van der Waals surface area (Å²) >= 11 is 0. The van der Waals surface area contributed by atoms with Crippen LogP contribution in [-0.2, 0) is 13.1 Å². The van der Waals surface area contributed by atoms with Gasteiger partial charge in [-0.2, -0.15) is 0 Å². The molecule has 8 heteroatoms. The maximum atomic E-state index is 13.0. The summed E-state index contributed by atoms with van der Waals surface area (Å²) in [5.74, 6) is 0.775. The third kappa shape index (κ3) is 5.40. The fourth-order valence-corrected chi connectivity index (χ4v) is 4.45. The number of aromatic amines is 1. The van der Waals surface area contributed by atoms with E-state index in [1.54, 1.807) is 0 Å². The van der Waals surface area contributed by atoms with Gasteiger partial charge in [-0.05, 0) is 52.8 Å². The van der Waals surface area contributed by atoms with Crippen molar-refractivity contribution in [3.05, 3.63) is 87.5 Å². The average Bonchev–Trinajstić information content (AvgIpc) is 3.29. The van der Waals surface area contributed by atoms with Crippen LogP contribution in [0.1, 0.15) is 54.7 Å². The molecule has 1 atom stereocenters. The number of nitrogens with one attached hydrogen (secondary N) is 1. The van der Waals surface area contributed by atoms with Gasteiger partial charge in [0.15, 0.2) is 5.82 Å². The first kappa shape index (κ1) is 23.8. The van der Waals surface area contributed by atoms with Crippen LogP contribution in [0.15, 0.2) is 59.4 Å². The van der Waals surface area contributed by atoms with Gasteiger partial charge in [-0.1, -0.05) is 61.9 Å². The van der Waals surface area contributed by atoms with Crippen LogP contribution in [0, 0.1) is 6.92 Å². The second kappa shape index (κ2) is 11.2. The number of aliphatic hydroxyl groups is 1. The van der Waals surface area contributed by atoms with Crippen molar-refractivity contribution in [3.8, 4) is 0 Å². The summed E-state index contributed by atoms with van der Waals surface area (Å²) in [5.41, 5.74) is 3.64. The van der Waals surface area contributed by atoms with Gasteiger partial charge in [0.2, 0.25) is 0 Å². The highest BCUT2D eigenvalue weighted by molar-refractivity contribution is 5.81. The van der Waals surface area contributed by atoms with Crippen molar-refractivity contribution in [2.75, 3.05) is 13.2 Å². The van der Waals surface area contributed by atoms with Crippen molar-refractivity contribution in [1.82, 2.24) is 30.1 Å². The van der Waals surface area contributed by atoms with Gasteiger partial charge in [0.1, 0.15) is 0 Å². The Hall–Kier alpha value is -3.36. The topological polar surface area (TPSA) is 99.9 Å². The van der Waals surface area contributed by atoms with E-state index in [9.17, 15) is 9.90 Å². The smallest absolute Gasteiger partial charge is 0.252 e. The maximum absolute atomic E-state index is 13.0. The first-order valence-electron chi connectivity index (χ1n) is 11.9. The molecule has 8 nitrogen and oxygen atoms in total. The van der Waals surface area contributed by atoms with Crippen molar-refractivity contribution in [2.24, 2.45) is 0 Å². The Labute approximate surface area is 199 Å². The molecule has 0 saturated heterocycles. The molecular weight excluding hydrogens is 428 g/mol. The molecular formula is C26H32N6O2. The van der Waals surface area contributed by atoms with Gasteiger partial charge in [-0.25, -0.2) is 4.68 Å². The summed E-state index contributed by atoms with van der Waals surface area (Å²) in [6.45, 7) is 5.86. The van der Waals surface area contributed by atoms with E-state index in [4.69, 9.17) is 0 Å². The van der Waals surface area contributed by atoms with Crippen LogP contribution in [0.25, 0.3) is 10.9 Å². The Morgan fingerprint density at radius 1 is 1.15 bits per heavy atom. The summed E-state index contributed by atoms with van der Waals surface area (Å²) in [6, 6.07) is 18.0. The highest BCUT2D eigenvalue weighted by Crippen LogP contribution is 2.27. The minimum Gasteiger partial charge on any atom is -0.396 e. The standard InChI is InChI=1S/C26H32N6O2/c1-3-9-23(25-28-29-30-32(25)17-20-11-5-4-6-12-20)31(14-8-15-33)18-22-16-21-13-7-10-19(2)24(21)27-26(22)34/h4-7,10-13,16,23,33H,3,8-9,14-15,17-18H2,1-2H3,(H,27,34). The van der Waals surface area contributed by atoms with Crippen molar-refractivity contribution < 1.29 is 5.11 Å². The quantitative estimate of drug-likeness (QED) is 0.355. The van der Waals surface area contributed by atoms with Crippen LogP contribution in [0.3, 0.4) is 0 Å². The summed E-state index contributed by atoms with van der Waals surface area (Å²) in [4.78, 5) is 18.3. The van der Waals surface area contributed by atoms with Crippen molar-refractivity contribution in [3.63, 3.8) is 0 Å². The Morgan fingerprint density at radius 2 is 1.97 bits per heavy atom. The molecule has 4 rings (SSSR count). The highest BCUT2D eigenvalue weighted by atomic mass is 16.3. The number of hydrogen-bond acceptors (Lipinski definition) is 6. The monoisotopic (exact) mass is 460 g/mol. The number of aliphatic hydroxyl groups excluding tert-OH is 1. The summed E-state index contributed by atoms with van der Waals surface area (Å²) in [7, 11) is 0. The van der Waals surface area contributed by atoms with Crippen LogP contribution in [0.5, 0.6) is 0 Å². The average molecular weight is 461 g/mol. The van der Waals surface area contributed by atoms with E-state index >= 15 is 0 Å². The third-order valence-electron chi connectivity index (χ3n) is 6.18. The molecule has 0 aliphatic heterocycles. The second-order valence-corrected chi connectivity index (χ2v) is 8.70. The molecule has 34 heavy (non-hydrogen) atoms. The number of nitrogens with zero attached hydrogens (tertiary/aromatic N) is 5. The minimum absolute atomic E-state index is 0.0807. The number of para-hydroxylation sites is 1. The van der Waals surface area contributed by atoms with Crippen LogP contribution >= 0.6 is 0 Å². The molecule has 1 unspecified atom stereocenters. The van der Waals surface area contributed by atoms with Crippen LogP contribution in [-0.4, -0.2) is 48.3 Å². The fourth-order valence-electron chi connectivity index (χ4n) is 4.45. The van der Waals surface area contributed by atoms with Gasteiger partial charge in [0.05, 0.1) is 18.1 Å². The molecule has 2 aromatic carbocycles. The zero-order chi connectivity index (χ0) is 23.9. The first-order chi connectivity index (χ1) is 16.6. The Balaban J connectivity index is 1.68. The minimum atomic E-state index is -0.0880. The van der Waals surface area contributed by atoms with Crippen molar-refractivity contribution >= 4 is 10.9 Å². The predicted octanol–water partition coefficient (Wildman–Crippen LogP) is 3.60. The number of benzene rings is 2. The predicted molar refractivity (Wildman–Crippen MR) is 132 cm³/mol. The molecule has 0 fully saturated rings. The lowest BCUT2D eigenvalue weighted by atomic mass is 10.1. The van der Waals surface area contributed by atoms with E-state index in [1.165, 1.54) is 0 Å². The van der Waals surface area contributed by atoms with E-state index in [-0.39, 0.29) is 18.2 Å². The Bertz CT molecular complexity index is 1270. The number of aryl methyl sites for hydroxylation is 1. The van der Waals surface area contributed by atoms with Crippen LogP contribution in [0.2, 0.25) is 0 Å². The lowest BCUT2D eigenvalue weighted by Gasteiger charge is -2.30. The van der Waals surface area contributed by atoms with Crippen molar-refractivity contribution in [2.45, 2.75) is 52.2 Å². The van der Waals surface area contributed by atoms with Gasteiger partial charge < -0.3 is 10.1 Å². The van der Waals surface area contributed by atoms with Gasteiger partial charge in [0, 0.05) is 25.3 Å². The molecule has 2 aromatic heterocycles. The number of rotatable bonds is 11. The molecule has 0 bridgehead atoms. The maximum Gasteiger partial charge on any atom is 0.252 e. The molecule has 178 valence electrons. The third-order valence-corrected chi connectivity index (χ3v) is 6.18. The SMILES string of the molecule is CCCC(c1nnnn1Cc1ccccc1)N(CCCO)Cc1cc2cccc(C)c2[nH]c1=O. The number of hydrogen-bond donors (Lipinski definition) is 2. The fraction of sp³-hybridized carbons (Fsp3) is 0.385. The van der Waals surface area contributed by atoms with E-state index in [0.29, 0.717) is 31.6 Å². The molecule has 0 aliphatic rings.